The van der Waals surface area contributed by atoms with Crippen LogP contribution in [0.2, 0.25) is 0 Å². The number of rotatable bonds is 5. The molecule has 0 spiro atoms. The number of carbonyl (C=O) groups excluding carboxylic acids is 1. The molecule has 0 aromatic heterocycles. The van der Waals surface area contributed by atoms with E-state index in [1.54, 1.807) is 0 Å². The number of nitrogens with one attached hydrogen (secondary N) is 1. The summed E-state index contributed by atoms with van der Waals surface area (Å²) >= 11 is 3.45. The summed E-state index contributed by atoms with van der Waals surface area (Å²) in [7, 11) is 0. The van der Waals surface area contributed by atoms with E-state index in [0.29, 0.717) is 6.54 Å². The second-order valence-corrected chi connectivity index (χ2v) is 4.59. The summed E-state index contributed by atoms with van der Waals surface area (Å²) in [4.78, 5) is 11.2. The molecule has 0 aliphatic rings. The first-order valence-corrected chi connectivity index (χ1v) is 6.02. The SMILES string of the molecule is CC(C)OC(=O)CNCc1ccccc1Br. The molecule has 0 atom stereocenters. The lowest BCUT2D eigenvalue weighted by atomic mass is 10.2. The average molecular weight is 286 g/mol. The fourth-order valence-electron chi connectivity index (χ4n) is 1.25. The Morgan fingerprint density at radius 3 is 2.75 bits per heavy atom. The van der Waals surface area contributed by atoms with Crippen molar-refractivity contribution < 1.29 is 9.53 Å². The van der Waals surface area contributed by atoms with Crippen LogP contribution < -0.4 is 5.32 Å². The van der Waals surface area contributed by atoms with Gasteiger partial charge in [-0.1, -0.05) is 34.1 Å². The first kappa shape index (κ1) is 13.2. The average Bonchev–Trinajstić information content (AvgIpc) is 2.19. The summed E-state index contributed by atoms with van der Waals surface area (Å²) in [6, 6.07) is 7.91. The van der Waals surface area contributed by atoms with E-state index in [9.17, 15) is 4.79 Å². The van der Waals surface area contributed by atoms with Crippen LogP contribution in [0.5, 0.6) is 0 Å². The highest BCUT2D eigenvalue weighted by Gasteiger charge is 2.05. The zero-order chi connectivity index (χ0) is 12.0. The molecule has 0 saturated carbocycles. The summed E-state index contributed by atoms with van der Waals surface area (Å²) in [5.74, 6) is -0.220. The Labute approximate surface area is 104 Å². The van der Waals surface area contributed by atoms with Gasteiger partial charge in [0.25, 0.3) is 0 Å². The van der Waals surface area contributed by atoms with E-state index in [0.717, 1.165) is 10.0 Å². The molecule has 0 aliphatic heterocycles. The van der Waals surface area contributed by atoms with Crippen LogP contribution in [0.3, 0.4) is 0 Å². The van der Waals surface area contributed by atoms with Crippen molar-refractivity contribution in [2.45, 2.75) is 26.5 Å². The highest BCUT2D eigenvalue weighted by Crippen LogP contribution is 2.15. The molecular weight excluding hydrogens is 270 g/mol. The molecule has 0 saturated heterocycles. The van der Waals surface area contributed by atoms with Gasteiger partial charge in [-0.05, 0) is 25.5 Å². The van der Waals surface area contributed by atoms with Gasteiger partial charge in [0, 0.05) is 11.0 Å². The van der Waals surface area contributed by atoms with Gasteiger partial charge in [0.2, 0.25) is 0 Å². The molecule has 4 heteroatoms. The van der Waals surface area contributed by atoms with Crippen LogP contribution in [0.15, 0.2) is 28.7 Å². The maximum atomic E-state index is 11.2. The minimum Gasteiger partial charge on any atom is -0.462 e. The molecule has 1 aromatic carbocycles. The Balaban J connectivity index is 2.31. The van der Waals surface area contributed by atoms with E-state index in [4.69, 9.17) is 4.74 Å². The summed E-state index contributed by atoms with van der Waals surface area (Å²) in [5.41, 5.74) is 1.12. The molecule has 3 nitrogen and oxygen atoms in total. The maximum absolute atomic E-state index is 11.2. The minimum absolute atomic E-state index is 0.0576. The first-order chi connectivity index (χ1) is 7.59. The summed E-state index contributed by atoms with van der Waals surface area (Å²) in [6.45, 7) is 4.56. The Bertz CT molecular complexity index is 353. The van der Waals surface area contributed by atoms with Crippen molar-refractivity contribution >= 4 is 21.9 Å². The van der Waals surface area contributed by atoms with E-state index >= 15 is 0 Å². The number of halogens is 1. The fourth-order valence-corrected chi connectivity index (χ4v) is 1.67. The number of ether oxygens (including phenoxy) is 1. The van der Waals surface area contributed by atoms with Crippen LogP contribution in [-0.2, 0) is 16.1 Å². The van der Waals surface area contributed by atoms with Crippen LogP contribution in [0.25, 0.3) is 0 Å². The summed E-state index contributed by atoms with van der Waals surface area (Å²) < 4.78 is 6.05. The van der Waals surface area contributed by atoms with E-state index in [1.165, 1.54) is 0 Å². The van der Waals surface area contributed by atoms with Gasteiger partial charge in [0.05, 0.1) is 12.6 Å². The predicted molar refractivity (Wildman–Crippen MR) is 67.1 cm³/mol. The molecule has 1 rings (SSSR count). The number of hydrogen-bond donors (Lipinski definition) is 1. The molecule has 0 radical (unpaired) electrons. The van der Waals surface area contributed by atoms with E-state index in [1.807, 2.05) is 38.1 Å². The van der Waals surface area contributed by atoms with Gasteiger partial charge >= 0.3 is 5.97 Å². The normalized spacial score (nSPS) is 10.5. The van der Waals surface area contributed by atoms with Gasteiger partial charge in [0.1, 0.15) is 0 Å². The zero-order valence-corrected chi connectivity index (χ0v) is 11.1. The molecule has 1 N–H and O–H groups in total. The topological polar surface area (TPSA) is 38.3 Å². The summed E-state index contributed by atoms with van der Waals surface area (Å²) in [6.07, 6.45) is -0.0576. The smallest absolute Gasteiger partial charge is 0.320 e. The van der Waals surface area contributed by atoms with Crippen molar-refractivity contribution in [2.75, 3.05) is 6.54 Å². The van der Waals surface area contributed by atoms with E-state index in [-0.39, 0.29) is 18.6 Å². The van der Waals surface area contributed by atoms with Crippen molar-refractivity contribution in [1.29, 1.82) is 0 Å². The third-order valence-electron chi connectivity index (χ3n) is 1.91. The zero-order valence-electron chi connectivity index (χ0n) is 9.50. The molecule has 1 aromatic rings. The van der Waals surface area contributed by atoms with Crippen LogP contribution in [0, 0.1) is 0 Å². The van der Waals surface area contributed by atoms with Crippen LogP contribution in [0.1, 0.15) is 19.4 Å². The van der Waals surface area contributed by atoms with Crippen LogP contribution in [-0.4, -0.2) is 18.6 Å². The quantitative estimate of drug-likeness (QED) is 0.845. The largest absolute Gasteiger partial charge is 0.462 e. The van der Waals surface area contributed by atoms with Gasteiger partial charge in [-0.3, -0.25) is 4.79 Å². The van der Waals surface area contributed by atoms with E-state index in [2.05, 4.69) is 21.2 Å². The first-order valence-electron chi connectivity index (χ1n) is 5.23. The minimum atomic E-state index is -0.220. The van der Waals surface area contributed by atoms with Gasteiger partial charge in [0.15, 0.2) is 0 Å². The standard InChI is InChI=1S/C12H16BrNO2/c1-9(2)16-12(15)8-14-7-10-5-3-4-6-11(10)13/h3-6,9,14H,7-8H2,1-2H3. The maximum Gasteiger partial charge on any atom is 0.320 e. The van der Waals surface area contributed by atoms with Crippen molar-refractivity contribution in [3.63, 3.8) is 0 Å². The predicted octanol–water partition coefficient (Wildman–Crippen LogP) is 2.49. The molecule has 0 amide bonds. The third-order valence-corrected chi connectivity index (χ3v) is 2.68. The highest BCUT2D eigenvalue weighted by atomic mass is 79.9. The van der Waals surface area contributed by atoms with E-state index < -0.39 is 0 Å². The van der Waals surface area contributed by atoms with Gasteiger partial charge in [-0.2, -0.15) is 0 Å². The van der Waals surface area contributed by atoms with Gasteiger partial charge in [-0.15, -0.1) is 0 Å². The fraction of sp³-hybridized carbons (Fsp3) is 0.417. The van der Waals surface area contributed by atoms with Crippen LogP contribution in [0.4, 0.5) is 0 Å². The second kappa shape index (κ2) is 6.66. The van der Waals surface area contributed by atoms with Crippen molar-refractivity contribution in [1.82, 2.24) is 5.32 Å². The molecule has 0 aliphatic carbocycles. The molecule has 0 unspecified atom stereocenters. The van der Waals surface area contributed by atoms with Gasteiger partial charge < -0.3 is 10.1 Å². The number of carbonyl (C=O) groups is 1. The Morgan fingerprint density at radius 1 is 1.44 bits per heavy atom. The third kappa shape index (κ3) is 4.77. The lowest BCUT2D eigenvalue weighted by molar-refractivity contribution is -0.146. The molecule has 16 heavy (non-hydrogen) atoms. The Hall–Kier alpha value is -0.870. The highest BCUT2D eigenvalue weighted by molar-refractivity contribution is 9.10. The lowest BCUT2D eigenvalue weighted by Crippen LogP contribution is -2.26. The molecule has 0 heterocycles. The molecule has 88 valence electrons. The number of esters is 1. The van der Waals surface area contributed by atoms with Gasteiger partial charge in [-0.25, -0.2) is 0 Å². The number of hydrogen-bond acceptors (Lipinski definition) is 3. The number of benzene rings is 1. The molecule has 0 bridgehead atoms. The second-order valence-electron chi connectivity index (χ2n) is 3.73. The lowest BCUT2D eigenvalue weighted by Gasteiger charge is -2.09. The Morgan fingerprint density at radius 2 is 2.12 bits per heavy atom. The van der Waals surface area contributed by atoms with Crippen molar-refractivity contribution in [3.05, 3.63) is 34.3 Å². The monoisotopic (exact) mass is 285 g/mol. The van der Waals surface area contributed by atoms with Crippen molar-refractivity contribution in [3.8, 4) is 0 Å². The van der Waals surface area contributed by atoms with Crippen LogP contribution >= 0.6 is 15.9 Å². The molecular formula is C12H16BrNO2. The Kier molecular flexibility index (Phi) is 5.49. The molecule has 0 fully saturated rings. The van der Waals surface area contributed by atoms with Crippen molar-refractivity contribution in [2.24, 2.45) is 0 Å². The summed E-state index contributed by atoms with van der Waals surface area (Å²) in [5, 5.41) is 3.04.